The quantitative estimate of drug-likeness (QED) is 0.606. The average Bonchev–Trinajstić information content (AvgIpc) is 2.62. The Morgan fingerprint density at radius 1 is 1.39 bits per heavy atom. The van der Waals surface area contributed by atoms with Crippen LogP contribution in [0.1, 0.15) is 32.8 Å². The molecule has 0 fully saturated rings. The van der Waals surface area contributed by atoms with Crippen molar-refractivity contribution in [3.8, 4) is 0 Å². The van der Waals surface area contributed by atoms with Crippen molar-refractivity contribution in [2.24, 2.45) is 0 Å². The van der Waals surface area contributed by atoms with Crippen LogP contribution < -0.4 is 0 Å². The minimum atomic E-state index is -0.204. The third-order valence-electron chi connectivity index (χ3n) is 4.21. The normalized spacial score (nSPS) is 22.0. The fourth-order valence-electron chi connectivity index (χ4n) is 2.69. The SMILES string of the molecule is CCC1(C)C(C)=[N+](CC(=O)OC)c2ccccc21. The highest BCUT2D eigenvalue weighted by Gasteiger charge is 2.45. The summed E-state index contributed by atoms with van der Waals surface area (Å²) in [5.41, 5.74) is 3.67. The van der Waals surface area contributed by atoms with E-state index in [1.165, 1.54) is 18.4 Å². The Morgan fingerprint density at radius 2 is 2.06 bits per heavy atom. The van der Waals surface area contributed by atoms with Gasteiger partial charge in [-0.05, 0) is 13.3 Å². The molecule has 3 nitrogen and oxygen atoms in total. The van der Waals surface area contributed by atoms with Gasteiger partial charge in [-0.1, -0.05) is 25.1 Å². The van der Waals surface area contributed by atoms with Gasteiger partial charge in [0.15, 0.2) is 5.71 Å². The van der Waals surface area contributed by atoms with Crippen LogP contribution in [-0.2, 0) is 14.9 Å². The van der Waals surface area contributed by atoms with Gasteiger partial charge in [0.25, 0.3) is 0 Å². The van der Waals surface area contributed by atoms with Crippen LogP contribution in [0.3, 0.4) is 0 Å². The molecule has 0 N–H and O–H groups in total. The van der Waals surface area contributed by atoms with Crippen LogP contribution in [0.2, 0.25) is 0 Å². The number of hydrogen-bond acceptors (Lipinski definition) is 2. The third kappa shape index (κ3) is 1.74. The number of hydrogen-bond donors (Lipinski definition) is 0. The molecule has 0 aliphatic carbocycles. The number of benzene rings is 1. The molecule has 0 saturated carbocycles. The third-order valence-corrected chi connectivity index (χ3v) is 4.21. The molecule has 1 heterocycles. The van der Waals surface area contributed by atoms with E-state index in [0.717, 1.165) is 12.1 Å². The van der Waals surface area contributed by atoms with Gasteiger partial charge < -0.3 is 4.74 Å². The predicted molar refractivity (Wildman–Crippen MR) is 71.6 cm³/mol. The zero-order valence-corrected chi connectivity index (χ0v) is 11.5. The maximum atomic E-state index is 11.5. The number of para-hydroxylation sites is 1. The van der Waals surface area contributed by atoms with E-state index in [1.54, 1.807) is 0 Å². The number of rotatable bonds is 3. The minimum Gasteiger partial charge on any atom is -0.464 e. The van der Waals surface area contributed by atoms with Crippen molar-refractivity contribution in [2.45, 2.75) is 32.6 Å². The molecule has 1 aliphatic rings. The maximum Gasteiger partial charge on any atom is 0.372 e. The summed E-state index contributed by atoms with van der Waals surface area (Å²) in [6.45, 7) is 6.81. The molecule has 2 rings (SSSR count). The first-order chi connectivity index (χ1) is 8.54. The highest BCUT2D eigenvalue weighted by Crippen LogP contribution is 2.41. The van der Waals surface area contributed by atoms with Crippen molar-refractivity contribution in [3.05, 3.63) is 29.8 Å². The van der Waals surface area contributed by atoms with E-state index in [9.17, 15) is 4.79 Å². The summed E-state index contributed by atoms with van der Waals surface area (Å²) in [5, 5.41) is 0. The standard InChI is InChI=1S/C15H20NO2/c1-5-15(3)11(2)16(10-14(17)18-4)13-9-7-6-8-12(13)15/h6-9H,5,10H2,1-4H3/q+1. The van der Waals surface area contributed by atoms with Crippen molar-refractivity contribution >= 4 is 17.4 Å². The number of fused-ring (bicyclic) bond motifs is 1. The fourth-order valence-corrected chi connectivity index (χ4v) is 2.69. The Morgan fingerprint density at radius 3 is 2.67 bits per heavy atom. The molecule has 1 atom stereocenters. The molecule has 0 aromatic heterocycles. The summed E-state index contributed by atoms with van der Waals surface area (Å²) in [7, 11) is 1.43. The van der Waals surface area contributed by atoms with Gasteiger partial charge >= 0.3 is 5.97 Å². The number of carbonyl (C=O) groups is 1. The van der Waals surface area contributed by atoms with Crippen molar-refractivity contribution < 1.29 is 14.1 Å². The molecule has 3 heteroatoms. The van der Waals surface area contributed by atoms with Gasteiger partial charge in [-0.15, -0.1) is 0 Å². The number of nitrogens with zero attached hydrogens (tertiary/aromatic N) is 1. The predicted octanol–water partition coefficient (Wildman–Crippen LogP) is 2.65. The lowest BCUT2D eigenvalue weighted by molar-refractivity contribution is -0.429. The number of carbonyl (C=O) groups excluding carboxylic acids is 1. The molecule has 0 radical (unpaired) electrons. The Labute approximate surface area is 108 Å². The highest BCUT2D eigenvalue weighted by atomic mass is 16.5. The Hall–Kier alpha value is -1.64. The monoisotopic (exact) mass is 246 g/mol. The van der Waals surface area contributed by atoms with Crippen LogP contribution in [0, 0.1) is 0 Å². The van der Waals surface area contributed by atoms with Crippen molar-refractivity contribution in [1.82, 2.24) is 0 Å². The molecule has 1 aromatic carbocycles. The molecule has 18 heavy (non-hydrogen) atoms. The van der Waals surface area contributed by atoms with E-state index in [1.807, 2.05) is 6.07 Å². The second-order valence-electron chi connectivity index (χ2n) is 4.95. The molecule has 1 aromatic rings. The molecular formula is C15H20NO2+. The van der Waals surface area contributed by atoms with Crippen molar-refractivity contribution in [3.63, 3.8) is 0 Å². The van der Waals surface area contributed by atoms with Gasteiger partial charge in [-0.2, -0.15) is 4.58 Å². The zero-order chi connectivity index (χ0) is 13.3. The molecule has 0 saturated heterocycles. The van der Waals surface area contributed by atoms with Crippen LogP contribution in [0.4, 0.5) is 5.69 Å². The van der Waals surface area contributed by atoms with Crippen LogP contribution in [0.25, 0.3) is 0 Å². The summed E-state index contributed by atoms with van der Waals surface area (Å²) in [6.07, 6.45) is 1.02. The Balaban J connectivity index is 2.54. The largest absolute Gasteiger partial charge is 0.464 e. The highest BCUT2D eigenvalue weighted by molar-refractivity contribution is 5.94. The zero-order valence-electron chi connectivity index (χ0n) is 11.5. The Bertz CT molecular complexity index is 519. The molecule has 0 amide bonds. The number of esters is 1. The van der Waals surface area contributed by atoms with Crippen molar-refractivity contribution in [1.29, 1.82) is 0 Å². The minimum absolute atomic E-state index is 0.0185. The first-order valence-corrected chi connectivity index (χ1v) is 6.32. The molecule has 0 spiro atoms. The fraction of sp³-hybridized carbons (Fsp3) is 0.467. The van der Waals surface area contributed by atoms with E-state index in [2.05, 4.69) is 43.5 Å². The summed E-state index contributed by atoms with van der Waals surface area (Å²) in [4.78, 5) is 11.5. The first-order valence-electron chi connectivity index (χ1n) is 6.32. The second kappa shape index (κ2) is 4.56. The van der Waals surface area contributed by atoms with Gasteiger partial charge in [0, 0.05) is 18.6 Å². The van der Waals surface area contributed by atoms with E-state index >= 15 is 0 Å². The second-order valence-corrected chi connectivity index (χ2v) is 4.95. The molecule has 0 bridgehead atoms. The van der Waals surface area contributed by atoms with Gasteiger partial charge in [0.05, 0.1) is 12.5 Å². The summed E-state index contributed by atoms with van der Waals surface area (Å²) >= 11 is 0. The van der Waals surface area contributed by atoms with Gasteiger partial charge in [0.2, 0.25) is 12.2 Å². The topological polar surface area (TPSA) is 29.3 Å². The van der Waals surface area contributed by atoms with Crippen molar-refractivity contribution in [2.75, 3.05) is 13.7 Å². The van der Waals surface area contributed by atoms with Crippen LogP contribution in [0.5, 0.6) is 0 Å². The van der Waals surface area contributed by atoms with Crippen LogP contribution in [0.15, 0.2) is 24.3 Å². The van der Waals surface area contributed by atoms with Crippen LogP contribution >= 0.6 is 0 Å². The molecular weight excluding hydrogens is 226 g/mol. The summed E-state index contributed by atoms with van der Waals surface area (Å²) in [5.74, 6) is -0.204. The lowest BCUT2D eigenvalue weighted by Crippen LogP contribution is -2.31. The maximum absolute atomic E-state index is 11.5. The van der Waals surface area contributed by atoms with Gasteiger partial charge in [-0.3, -0.25) is 0 Å². The Kier molecular flexibility index (Phi) is 3.24. The van der Waals surface area contributed by atoms with Crippen LogP contribution in [-0.4, -0.2) is 29.9 Å². The molecule has 1 aliphatic heterocycles. The lowest BCUT2D eigenvalue weighted by Gasteiger charge is -2.19. The average molecular weight is 246 g/mol. The van der Waals surface area contributed by atoms with E-state index in [-0.39, 0.29) is 17.9 Å². The van der Waals surface area contributed by atoms with E-state index < -0.39 is 0 Å². The number of methoxy groups -OCH3 is 1. The van der Waals surface area contributed by atoms with E-state index in [4.69, 9.17) is 4.74 Å². The smallest absolute Gasteiger partial charge is 0.372 e. The lowest BCUT2D eigenvalue weighted by atomic mass is 9.78. The summed E-state index contributed by atoms with van der Waals surface area (Å²) < 4.78 is 6.86. The summed E-state index contributed by atoms with van der Waals surface area (Å²) in [6, 6.07) is 8.29. The van der Waals surface area contributed by atoms with E-state index in [0.29, 0.717) is 0 Å². The molecule has 1 unspecified atom stereocenters. The van der Waals surface area contributed by atoms with Gasteiger partial charge in [0.1, 0.15) is 0 Å². The number of ether oxygens (including phenoxy) is 1. The van der Waals surface area contributed by atoms with Gasteiger partial charge in [-0.25, -0.2) is 4.79 Å². The first kappa shape index (κ1) is 12.8. The molecule has 96 valence electrons.